The number of benzene rings is 2. The third-order valence-electron chi connectivity index (χ3n) is 3.90. The molecule has 0 aliphatic heterocycles. The predicted molar refractivity (Wildman–Crippen MR) is 99.7 cm³/mol. The van der Waals surface area contributed by atoms with Gasteiger partial charge in [0.25, 0.3) is 0 Å². The molecule has 0 aliphatic rings. The van der Waals surface area contributed by atoms with E-state index in [0.29, 0.717) is 24.0 Å². The second kappa shape index (κ2) is 8.55. The summed E-state index contributed by atoms with van der Waals surface area (Å²) >= 11 is 0. The number of hydrogen-bond donors (Lipinski definition) is 2. The number of alkyl halides is 3. The van der Waals surface area contributed by atoms with E-state index in [1.807, 2.05) is 24.3 Å². The van der Waals surface area contributed by atoms with Crippen LogP contribution >= 0.6 is 0 Å². The maximum absolute atomic E-state index is 12.6. The first kappa shape index (κ1) is 19.4. The summed E-state index contributed by atoms with van der Waals surface area (Å²) in [5.74, 6) is 1.50. The van der Waals surface area contributed by atoms with E-state index in [9.17, 15) is 13.2 Å². The van der Waals surface area contributed by atoms with Crippen molar-refractivity contribution < 1.29 is 17.9 Å². The number of ether oxygens (including phenoxy) is 1. The van der Waals surface area contributed by atoms with Crippen LogP contribution in [0.25, 0.3) is 0 Å². The molecule has 0 aliphatic carbocycles. The third kappa shape index (κ3) is 5.32. The Kier molecular flexibility index (Phi) is 5.93. The predicted octanol–water partition coefficient (Wildman–Crippen LogP) is 4.30. The molecule has 1 aromatic heterocycles. The molecule has 0 saturated carbocycles. The number of nitrogens with one attached hydrogen (secondary N) is 2. The van der Waals surface area contributed by atoms with E-state index in [1.54, 1.807) is 7.11 Å². The van der Waals surface area contributed by atoms with E-state index in [0.717, 1.165) is 29.9 Å². The van der Waals surface area contributed by atoms with E-state index >= 15 is 0 Å². The molecule has 6 nitrogen and oxygen atoms in total. The average Bonchev–Trinajstić information content (AvgIpc) is 2.69. The highest BCUT2D eigenvalue weighted by Gasteiger charge is 2.29. The number of hydrogen-bond acceptors (Lipinski definition) is 6. The van der Waals surface area contributed by atoms with Crippen LogP contribution in [-0.2, 0) is 12.6 Å². The van der Waals surface area contributed by atoms with Crippen LogP contribution in [0.5, 0.6) is 5.75 Å². The molecule has 2 aromatic carbocycles. The fourth-order valence-electron chi connectivity index (χ4n) is 2.44. The van der Waals surface area contributed by atoms with Gasteiger partial charge in [-0.15, -0.1) is 5.10 Å². The summed E-state index contributed by atoms with van der Waals surface area (Å²) in [5.41, 5.74) is 0.887. The lowest BCUT2D eigenvalue weighted by Gasteiger charge is -2.10. The third-order valence-corrected chi connectivity index (χ3v) is 3.90. The lowest BCUT2D eigenvalue weighted by molar-refractivity contribution is -0.137. The Balaban J connectivity index is 1.56. The minimum absolute atomic E-state index is 0.324. The van der Waals surface area contributed by atoms with Gasteiger partial charge in [-0.05, 0) is 48.4 Å². The Morgan fingerprint density at radius 2 is 1.71 bits per heavy atom. The molecule has 0 fully saturated rings. The van der Waals surface area contributed by atoms with Crippen molar-refractivity contribution in [2.24, 2.45) is 0 Å². The minimum Gasteiger partial charge on any atom is -0.497 e. The molecule has 0 saturated heterocycles. The van der Waals surface area contributed by atoms with Crippen molar-refractivity contribution in [1.82, 2.24) is 15.2 Å². The molecule has 0 radical (unpaired) electrons. The maximum atomic E-state index is 12.6. The molecule has 0 atom stereocenters. The zero-order chi connectivity index (χ0) is 20.0. The summed E-state index contributed by atoms with van der Waals surface area (Å²) in [4.78, 5) is 4.26. The average molecular weight is 389 g/mol. The summed E-state index contributed by atoms with van der Waals surface area (Å²) in [5, 5.41) is 13.7. The van der Waals surface area contributed by atoms with Crippen LogP contribution in [0.1, 0.15) is 11.1 Å². The van der Waals surface area contributed by atoms with Gasteiger partial charge in [-0.25, -0.2) is 0 Å². The van der Waals surface area contributed by atoms with Crippen LogP contribution in [0.4, 0.5) is 30.6 Å². The molecule has 3 rings (SSSR count). The van der Waals surface area contributed by atoms with Gasteiger partial charge in [-0.3, -0.25) is 0 Å². The standard InChI is InChI=1S/C19H18F3N5O/c1-28-16-8-2-13(3-9-16)10-11-23-18-26-17(12-24-27-18)25-15-6-4-14(5-7-15)19(20,21)22/h2-9,12H,10-11H2,1H3,(H2,23,25,26,27). The van der Waals surface area contributed by atoms with Crippen molar-refractivity contribution in [3.8, 4) is 5.75 Å². The van der Waals surface area contributed by atoms with Crippen LogP contribution < -0.4 is 15.4 Å². The smallest absolute Gasteiger partial charge is 0.416 e. The Morgan fingerprint density at radius 3 is 2.36 bits per heavy atom. The number of halogens is 3. The zero-order valence-corrected chi connectivity index (χ0v) is 15.0. The molecule has 28 heavy (non-hydrogen) atoms. The first-order valence-electron chi connectivity index (χ1n) is 8.45. The van der Waals surface area contributed by atoms with Gasteiger partial charge in [0, 0.05) is 12.2 Å². The summed E-state index contributed by atoms with van der Waals surface area (Å²) in [6, 6.07) is 12.4. The largest absolute Gasteiger partial charge is 0.497 e. The van der Waals surface area contributed by atoms with E-state index in [2.05, 4.69) is 25.8 Å². The lowest BCUT2D eigenvalue weighted by Crippen LogP contribution is -2.10. The van der Waals surface area contributed by atoms with Crippen LogP contribution in [-0.4, -0.2) is 28.8 Å². The van der Waals surface area contributed by atoms with Crippen molar-refractivity contribution in [2.45, 2.75) is 12.6 Å². The first-order valence-corrected chi connectivity index (χ1v) is 8.45. The van der Waals surface area contributed by atoms with Crippen LogP contribution in [0.2, 0.25) is 0 Å². The second-order valence-electron chi connectivity index (χ2n) is 5.89. The Labute approximate surface area is 159 Å². The molecular formula is C19H18F3N5O. The van der Waals surface area contributed by atoms with Crippen molar-refractivity contribution in [3.05, 3.63) is 65.9 Å². The lowest BCUT2D eigenvalue weighted by atomic mass is 10.1. The highest BCUT2D eigenvalue weighted by molar-refractivity contribution is 5.56. The molecule has 0 bridgehead atoms. The van der Waals surface area contributed by atoms with Crippen LogP contribution in [0, 0.1) is 0 Å². The highest BCUT2D eigenvalue weighted by atomic mass is 19.4. The second-order valence-corrected chi connectivity index (χ2v) is 5.89. The number of methoxy groups -OCH3 is 1. The normalized spacial score (nSPS) is 11.1. The molecule has 3 aromatic rings. The minimum atomic E-state index is -4.37. The van der Waals surface area contributed by atoms with Crippen molar-refractivity contribution in [3.63, 3.8) is 0 Å². The molecule has 9 heteroatoms. The molecular weight excluding hydrogens is 371 g/mol. The van der Waals surface area contributed by atoms with Crippen molar-refractivity contribution >= 4 is 17.5 Å². The van der Waals surface area contributed by atoms with Gasteiger partial charge in [-0.2, -0.15) is 23.3 Å². The summed E-state index contributed by atoms with van der Waals surface area (Å²) < 4.78 is 43.0. The van der Waals surface area contributed by atoms with E-state index < -0.39 is 11.7 Å². The van der Waals surface area contributed by atoms with E-state index in [1.165, 1.54) is 18.3 Å². The van der Waals surface area contributed by atoms with Crippen LogP contribution in [0.3, 0.4) is 0 Å². The van der Waals surface area contributed by atoms with Gasteiger partial charge >= 0.3 is 6.18 Å². The number of rotatable bonds is 7. The van der Waals surface area contributed by atoms with Gasteiger partial charge < -0.3 is 15.4 Å². The van der Waals surface area contributed by atoms with Gasteiger partial charge in [0.2, 0.25) is 5.95 Å². The molecule has 0 spiro atoms. The Bertz CT molecular complexity index is 899. The molecule has 146 valence electrons. The van der Waals surface area contributed by atoms with Gasteiger partial charge in [0.1, 0.15) is 5.75 Å². The van der Waals surface area contributed by atoms with Crippen molar-refractivity contribution in [2.75, 3.05) is 24.3 Å². The molecule has 0 amide bonds. The topological polar surface area (TPSA) is 72.0 Å². The Morgan fingerprint density at radius 1 is 1.00 bits per heavy atom. The first-order chi connectivity index (χ1) is 13.4. The summed E-state index contributed by atoms with van der Waals surface area (Å²) in [7, 11) is 1.62. The van der Waals surface area contributed by atoms with Gasteiger partial charge in [0.15, 0.2) is 5.82 Å². The summed E-state index contributed by atoms with van der Waals surface area (Å²) in [6.45, 7) is 0.595. The van der Waals surface area contributed by atoms with Crippen molar-refractivity contribution in [1.29, 1.82) is 0 Å². The zero-order valence-electron chi connectivity index (χ0n) is 15.0. The monoisotopic (exact) mass is 389 g/mol. The molecule has 0 unspecified atom stereocenters. The summed E-state index contributed by atoms with van der Waals surface area (Å²) in [6.07, 6.45) is -2.22. The van der Waals surface area contributed by atoms with Crippen LogP contribution in [0.15, 0.2) is 54.7 Å². The number of aromatic nitrogens is 3. The maximum Gasteiger partial charge on any atom is 0.416 e. The van der Waals surface area contributed by atoms with Gasteiger partial charge in [-0.1, -0.05) is 12.1 Å². The van der Waals surface area contributed by atoms with E-state index in [-0.39, 0.29) is 0 Å². The fourth-order valence-corrected chi connectivity index (χ4v) is 2.44. The Hall–Kier alpha value is -3.36. The van der Waals surface area contributed by atoms with E-state index in [4.69, 9.17) is 4.74 Å². The highest BCUT2D eigenvalue weighted by Crippen LogP contribution is 2.30. The van der Waals surface area contributed by atoms with Gasteiger partial charge in [0.05, 0.1) is 18.9 Å². The number of anilines is 3. The molecule has 1 heterocycles. The number of nitrogens with zero attached hydrogens (tertiary/aromatic N) is 3. The molecule has 2 N–H and O–H groups in total. The fraction of sp³-hybridized carbons (Fsp3) is 0.211. The SMILES string of the molecule is COc1ccc(CCNc2nncc(Nc3ccc(C(F)(F)F)cc3)n2)cc1. The quantitative estimate of drug-likeness (QED) is 0.628.